The third-order valence-corrected chi connectivity index (χ3v) is 6.17. The van der Waals surface area contributed by atoms with Crippen molar-refractivity contribution >= 4 is 39.7 Å². The second kappa shape index (κ2) is 8.96. The van der Waals surface area contributed by atoms with Crippen molar-refractivity contribution in [1.82, 2.24) is 4.72 Å². The molecular formula is C14H21Cl2N3O4S. The average Bonchev–Trinajstić information content (AvgIpc) is 2.53. The predicted octanol–water partition coefficient (Wildman–Crippen LogP) is 2.86. The highest BCUT2D eigenvalue weighted by Gasteiger charge is 2.29. The van der Waals surface area contributed by atoms with Crippen LogP contribution in [0, 0.1) is 16.0 Å². The Morgan fingerprint density at radius 3 is 2.46 bits per heavy atom. The van der Waals surface area contributed by atoms with Crippen LogP contribution in [0.2, 0.25) is 5.02 Å². The first-order valence-corrected chi connectivity index (χ1v) is 9.37. The van der Waals surface area contributed by atoms with Gasteiger partial charge in [0.05, 0.1) is 9.95 Å². The highest BCUT2D eigenvalue weighted by atomic mass is 35.5. The number of hydrogen-bond acceptors (Lipinski definition) is 5. The summed E-state index contributed by atoms with van der Waals surface area (Å²) in [6.45, 7) is 0.203. The molecule has 1 atom stereocenters. The van der Waals surface area contributed by atoms with E-state index < -0.39 is 14.9 Å². The molecule has 0 aliphatic heterocycles. The van der Waals surface area contributed by atoms with Crippen LogP contribution in [-0.4, -0.2) is 25.9 Å². The molecule has 0 bridgehead atoms. The summed E-state index contributed by atoms with van der Waals surface area (Å²) in [4.78, 5) is 9.92. The summed E-state index contributed by atoms with van der Waals surface area (Å²) in [6, 6.07) is 2.95. The summed E-state index contributed by atoms with van der Waals surface area (Å²) in [7, 11) is -3.88. The Morgan fingerprint density at radius 2 is 1.96 bits per heavy atom. The normalized spacial score (nSPS) is 17.1. The van der Waals surface area contributed by atoms with E-state index in [1.807, 2.05) is 0 Å². The minimum Gasteiger partial charge on any atom is -0.329 e. The minimum atomic E-state index is -3.88. The SMILES string of the molecule is Cl.NCC(NS(=O)(=O)c1ccc([N+](=O)[O-])cc1Cl)C1CCCCC1. The van der Waals surface area contributed by atoms with Crippen molar-refractivity contribution in [3.8, 4) is 0 Å². The zero-order valence-electron chi connectivity index (χ0n) is 13.0. The van der Waals surface area contributed by atoms with Gasteiger partial charge in [-0.05, 0) is 24.8 Å². The number of rotatable bonds is 6. The van der Waals surface area contributed by atoms with E-state index in [2.05, 4.69) is 4.72 Å². The van der Waals surface area contributed by atoms with Gasteiger partial charge in [0, 0.05) is 24.7 Å². The van der Waals surface area contributed by atoms with E-state index in [1.165, 1.54) is 0 Å². The van der Waals surface area contributed by atoms with Gasteiger partial charge in [-0.3, -0.25) is 10.1 Å². The van der Waals surface area contributed by atoms with Crippen LogP contribution in [0.1, 0.15) is 32.1 Å². The van der Waals surface area contributed by atoms with Gasteiger partial charge in [-0.25, -0.2) is 13.1 Å². The Morgan fingerprint density at radius 1 is 1.33 bits per heavy atom. The van der Waals surface area contributed by atoms with Crippen molar-refractivity contribution in [3.05, 3.63) is 33.3 Å². The summed E-state index contributed by atoms with van der Waals surface area (Å²) in [5, 5.41) is 10.5. The zero-order chi connectivity index (χ0) is 17.0. The lowest BCUT2D eigenvalue weighted by molar-refractivity contribution is -0.384. The highest BCUT2D eigenvalue weighted by Crippen LogP contribution is 2.29. The fraction of sp³-hybridized carbons (Fsp3) is 0.571. The molecule has 1 aromatic rings. The molecular weight excluding hydrogens is 377 g/mol. The van der Waals surface area contributed by atoms with Crippen LogP contribution >= 0.6 is 24.0 Å². The summed E-state index contributed by atoms with van der Waals surface area (Å²) >= 11 is 5.92. The highest BCUT2D eigenvalue weighted by molar-refractivity contribution is 7.89. The maximum absolute atomic E-state index is 12.5. The number of nitrogens with two attached hydrogens (primary N) is 1. The first-order valence-electron chi connectivity index (χ1n) is 7.51. The maximum atomic E-state index is 12.5. The number of non-ortho nitro benzene ring substituents is 1. The molecule has 0 saturated heterocycles. The molecule has 1 aliphatic rings. The number of nitrogens with one attached hydrogen (secondary N) is 1. The molecule has 0 spiro atoms. The molecule has 10 heteroatoms. The van der Waals surface area contributed by atoms with Gasteiger partial charge in [0.1, 0.15) is 4.90 Å². The molecule has 1 aliphatic carbocycles. The third kappa shape index (κ3) is 5.03. The summed E-state index contributed by atoms with van der Waals surface area (Å²) < 4.78 is 27.7. The number of nitro benzene ring substituents is 1. The van der Waals surface area contributed by atoms with Crippen LogP contribution < -0.4 is 10.5 Å². The second-order valence-corrected chi connectivity index (χ2v) is 7.82. The van der Waals surface area contributed by atoms with Crippen LogP contribution in [0.4, 0.5) is 5.69 Å². The summed E-state index contributed by atoms with van der Waals surface area (Å²) in [5.41, 5.74) is 5.49. The van der Waals surface area contributed by atoms with Crippen molar-refractivity contribution in [3.63, 3.8) is 0 Å². The quantitative estimate of drug-likeness (QED) is 0.565. The van der Waals surface area contributed by atoms with Crippen molar-refractivity contribution in [1.29, 1.82) is 0 Å². The second-order valence-electron chi connectivity index (χ2n) is 5.73. The molecule has 3 N–H and O–H groups in total. The first-order chi connectivity index (χ1) is 10.8. The van der Waals surface area contributed by atoms with Gasteiger partial charge in [-0.2, -0.15) is 0 Å². The van der Waals surface area contributed by atoms with Crippen LogP contribution in [0.5, 0.6) is 0 Å². The Labute approximate surface area is 152 Å². The number of benzene rings is 1. The van der Waals surface area contributed by atoms with Crippen LogP contribution in [0.25, 0.3) is 0 Å². The third-order valence-electron chi connectivity index (χ3n) is 4.20. The van der Waals surface area contributed by atoms with Gasteiger partial charge in [0.25, 0.3) is 5.69 Å². The number of hydrogen-bond donors (Lipinski definition) is 2. The van der Waals surface area contributed by atoms with Crippen molar-refractivity contribution in [2.24, 2.45) is 11.7 Å². The van der Waals surface area contributed by atoms with E-state index >= 15 is 0 Å². The van der Waals surface area contributed by atoms with Gasteiger partial charge >= 0.3 is 0 Å². The lowest BCUT2D eigenvalue weighted by atomic mass is 9.84. The van der Waals surface area contributed by atoms with E-state index in [0.29, 0.717) is 0 Å². The van der Waals surface area contributed by atoms with Gasteiger partial charge in [0.15, 0.2) is 0 Å². The fourth-order valence-electron chi connectivity index (χ4n) is 2.96. The molecule has 1 saturated carbocycles. The molecule has 0 radical (unpaired) electrons. The van der Waals surface area contributed by atoms with Crippen LogP contribution in [0.15, 0.2) is 23.1 Å². The Kier molecular flexibility index (Phi) is 7.88. The zero-order valence-corrected chi connectivity index (χ0v) is 15.4. The van der Waals surface area contributed by atoms with E-state index in [4.69, 9.17) is 17.3 Å². The predicted molar refractivity (Wildman–Crippen MR) is 95.1 cm³/mol. The van der Waals surface area contributed by atoms with E-state index in [9.17, 15) is 18.5 Å². The first kappa shape index (κ1) is 21.1. The Hall–Kier alpha value is -0.930. The van der Waals surface area contributed by atoms with E-state index in [1.54, 1.807) is 0 Å². The van der Waals surface area contributed by atoms with Crippen molar-refractivity contribution < 1.29 is 13.3 Å². The Balaban J connectivity index is 0.00000288. The Bertz CT molecular complexity index is 679. The van der Waals surface area contributed by atoms with Crippen molar-refractivity contribution in [2.75, 3.05) is 6.54 Å². The van der Waals surface area contributed by atoms with Gasteiger partial charge < -0.3 is 5.73 Å². The molecule has 2 rings (SSSR count). The lowest BCUT2D eigenvalue weighted by Crippen LogP contribution is -2.45. The van der Waals surface area contributed by atoms with E-state index in [0.717, 1.165) is 50.3 Å². The minimum absolute atomic E-state index is 0. The van der Waals surface area contributed by atoms with Gasteiger partial charge in [0.2, 0.25) is 10.0 Å². The topological polar surface area (TPSA) is 115 Å². The summed E-state index contributed by atoms with van der Waals surface area (Å²) in [5.74, 6) is 0.209. The molecule has 0 aromatic heterocycles. The molecule has 136 valence electrons. The molecule has 0 heterocycles. The number of nitro groups is 1. The number of nitrogens with zero attached hydrogens (tertiary/aromatic N) is 1. The van der Waals surface area contributed by atoms with Crippen LogP contribution in [-0.2, 0) is 10.0 Å². The number of halogens is 2. The monoisotopic (exact) mass is 397 g/mol. The molecule has 7 nitrogen and oxygen atoms in total. The average molecular weight is 398 g/mol. The maximum Gasteiger partial charge on any atom is 0.271 e. The molecule has 1 aromatic carbocycles. The molecule has 1 unspecified atom stereocenters. The fourth-order valence-corrected chi connectivity index (χ4v) is 4.81. The van der Waals surface area contributed by atoms with Gasteiger partial charge in [-0.15, -0.1) is 12.4 Å². The molecule has 24 heavy (non-hydrogen) atoms. The summed E-state index contributed by atoms with van der Waals surface area (Å²) in [6.07, 6.45) is 5.19. The van der Waals surface area contributed by atoms with Crippen molar-refractivity contribution in [2.45, 2.75) is 43.0 Å². The lowest BCUT2D eigenvalue weighted by Gasteiger charge is -2.29. The van der Waals surface area contributed by atoms with Crippen LogP contribution in [0.3, 0.4) is 0 Å². The largest absolute Gasteiger partial charge is 0.329 e. The van der Waals surface area contributed by atoms with E-state index in [-0.39, 0.29) is 46.5 Å². The number of sulfonamides is 1. The molecule has 0 amide bonds. The smallest absolute Gasteiger partial charge is 0.271 e. The standard InChI is InChI=1S/C14H20ClN3O4S.ClH/c15-12-8-11(18(19)20)6-7-14(12)23(21,22)17-13(9-16)10-4-2-1-3-5-10;/h6-8,10,13,17H,1-5,9,16H2;1H. The molecule has 1 fully saturated rings. The van der Waals surface area contributed by atoms with Gasteiger partial charge in [-0.1, -0.05) is 30.9 Å².